The van der Waals surface area contributed by atoms with Crippen LogP contribution in [-0.2, 0) is 0 Å². The van der Waals surface area contributed by atoms with Crippen LogP contribution in [0.15, 0.2) is 41.4 Å². The first-order valence-corrected chi connectivity index (χ1v) is 5.01. The van der Waals surface area contributed by atoms with Crippen molar-refractivity contribution in [2.45, 2.75) is 0 Å². The van der Waals surface area contributed by atoms with Crippen LogP contribution in [0.5, 0.6) is 0 Å². The Kier molecular flexibility index (Phi) is 3.41. The standard InChI is InChI=1S/C13H7F4N/c14-9-3-1-2-4-11(9)18-7-8-5-6-10(15)13(17)12(8)16/h1-7H. The molecule has 0 heterocycles. The Balaban J connectivity index is 2.36. The van der Waals surface area contributed by atoms with Crippen LogP contribution in [0, 0.1) is 23.3 Å². The first kappa shape index (κ1) is 12.3. The highest BCUT2D eigenvalue weighted by Crippen LogP contribution is 2.18. The zero-order valence-electron chi connectivity index (χ0n) is 9.00. The number of nitrogens with zero attached hydrogens (tertiary/aromatic N) is 1. The van der Waals surface area contributed by atoms with Gasteiger partial charge in [0, 0.05) is 11.8 Å². The van der Waals surface area contributed by atoms with Crippen LogP contribution in [0.25, 0.3) is 0 Å². The van der Waals surface area contributed by atoms with Crippen molar-refractivity contribution in [1.29, 1.82) is 0 Å². The Labute approximate surface area is 100 Å². The lowest BCUT2D eigenvalue weighted by Gasteiger charge is -1.99. The molecule has 0 aliphatic carbocycles. The Morgan fingerprint density at radius 1 is 0.778 bits per heavy atom. The van der Waals surface area contributed by atoms with Crippen molar-refractivity contribution in [2.75, 3.05) is 0 Å². The fourth-order valence-corrected chi connectivity index (χ4v) is 1.34. The summed E-state index contributed by atoms with van der Waals surface area (Å²) < 4.78 is 52.0. The minimum atomic E-state index is -1.58. The number of benzene rings is 2. The number of halogens is 4. The molecule has 0 spiro atoms. The molecule has 0 radical (unpaired) electrons. The monoisotopic (exact) mass is 253 g/mol. The Morgan fingerprint density at radius 2 is 1.50 bits per heavy atom. The molecular weight excluding hydrogens is 246 g/mol. The van der Waals surface area contributed by atoms with Crippen LogP contribution in [0.2, 0.25) is 0 Å². The molecule has 2 aromatic carbocycles. The van der Waals surface area contributed by atoms with E-state index in [0.29, 0.717) is 0 Å². The average molecular weight is 253 g/mol. The molecule has 5 heteroatoms. The molecule has 0 atom stereocenters. The molecule has 2 rings (SSSR count). The van der Waals surface area contributed by atoms with Crippen molar-refractivity contribution < 1.29 is 17.6 Å². The smallest absolute Gasteiger partial charge is 0.195 e. The zero-order chi connectivity index (χ0) is 13.1. The van der Waals surface area contributed by atoms with Crippen LogP contribution in [0.1, 0.15) is 5.56 Å². The van der Waals surface area contributed by atoms with Gasteiger partial charge in [0.25, 0.3) is 0 Å². The minimum Gasteiger partial charge on any atom is -0.253 e. The lowest BCUT2D eigenvalue weighted by molar-refractivity contribution is 0.446. The van der Waals surface area contributed by atoms with Gasteiger partial charge < -0.3 is 0 Å². The van der Waals surface area contributed by atoms with Crippen LogP contribution in [-0.4, -0.2) is 6.21 Å². The minimum absolute atomic E-state index is 0.0124. The summed E-state index contributed by atoms with van der Waals surface area (Å²) >= 11 is 0. The van der Waals surface area contributed by atoms with Crippen LogP contribution >= 0.6 is 0 Å². The third kappa shape index (κ3) is 2.40. The molecule has 18 heavy (non-hydrogen) atoms. The molecule has 0 unspecified atom stereocenters. The van der Waals surface area contributed by atoms with Crippen LogP contribution in [0.4, 0.5) is 23.2 Å². The molecule has 0 saturated carbocycles. The first-order chi connectivity index (χ1) is 8.59. The third-order valence-corrected chi connectivity index (χ3v) is 2.26. The third-order valence-electron chi connectivity index (χ3n) is 2.26. The second-order valence-electron chi connectivity index (χ2n) is 3.47. The summed E-state index contributed by atoms with van der Waals surface area (Å²) in [5.74, 6) is -4.80. The second kappa shape index (κ2) is 5.00. The van der Waals surface area contributed by atoms with Crippen LogP contribution in [0.3, 0.4) is 0 Å². The van der Waals surface area contributed by atoms with E-state index in [9.17, 15) is 17.6 Å². The van der Waals surface area contributed by atoms with Gasteiger partial charge in [-0.25, -0.2) is 17.6 Å². The van der Waals surface area contributed by atoms with Gasteiger partial charge in [-0.05, 0) is 24.3 Å². The summed E-state index contributed by atoms with van der Waals surface area (Å²) in [6.07, 6.45) is 0.941. The molecule has 92 valence electrons. The fourth-order valence-electron chi connectivity index (χ4n) is 1.34. The topological polar surface area (TPSA) is 12.4 Å². The van der Waals surface area contributed by atoms with Crippen molar-refractivity contribution in [2.24, 2.45) is 4.99 Å². The summed E-state index contributed by atoms with van der Waals surface area (Å²) in [6, 6.07) is 7.40. The second-order valence-corrected chi connectivity index (χ2v) is 3.47. The molecule has 0 aliphatic heterocycles. The van der Waals surface area contributed by atoms with Crippen molar-refractivity contribution in [3.05, 3.63) is 65.2 Å². The highest BCUT2D eigenvalue weighted by molar-refractivity contribution is 5.82. The fraction of sp³-hybridized carbons (Fsp3) is 0. The number of hydrogen-bond acceptors (Lipinski definition) is 1. The Hall–Kier alpha value is -2.17. The van der Waals surface area contributed by atoms with E-state index in [1.54, 1.807) is 6.07 Å². The predicted octanol–water partition coefficient (Wildman–Crippen LogP) is 3.99. The summed E-state index contributed by atoms with van der Waals surface area (Å²) in [5.41, 5.74) is -0.265. The lowest BCUT2D eigenvalue weighted by Crippen LogP contribution is -1.96. The molecule has 0 fully saturated rings. The summed E-state index contributed by atoms with van der Waals surface area (Å²) in [4.78, 5) is 3.68. The molecule has 2 aromatic rings. The highest BCUT2D eigenvalue weighted by Gasteiger charge is 2.11. The molecule has 0 N–H and O–H groups in total. The van der Waals surface area contributed by atoms with Gasteiger partial charge in [0.1, 0.15) is 5.82 Å². The lowest BCUT2D eigenvalue weighted by atomic mass is 10.2. The SMILES string of the molecule is Fc1ccccc1N=Cc1ccc(F)c(F)c1F. The maximum Gasteiger partial charge on any atom is 0.195 e. The van der Waals surface area contributed by atoms with Gasteiger partial charge in [0.05, 0.1) is 5.69 Å². The van der Waals surface area contributed by atoms with E-state index < -0.39 is 23.3 Å². The van der Waals surface area contributed by atoms with Gasteiger partial charge in [0.15, 0.2) is 17.5 Å². The summed E-state index contributed by atoms with van der Waals surface area (Å²) in [7, 11) is 0. The average Bonchev–Trinajstić information content (AvgIpc) is 2.37. The first-order valence-electron chi connectivity index (χ1n) is 5.01. The zero-order valence-corrected chi connectivity index (χ0v) is 9.00. The molecule has 0 saturated heterocycles. The van der Waals surface area contributed by atoms with Gasteiger partial charge in [-0.2, -0.15) is 0 Å². The molecule has 0 aromatic heterocycles. The molecule has 0 bridgehead atoms. The van der Waals surface area contributed by atoms with Gasteiger partial charge in [-0.1, -0.05) is 12.1 Å². The van der Waals surface area contributed by atoms with Gasteiger partial charge >= 0.3 is 0 Å². The van der Waals surface area contributed by atoms with E-state index in [-0.39, 0.29) is 11.3 Å². The van der Waals surface area contributed by atoms with E-state index >= 15 is 0 Å². The predicted molar refractivity (Wildman–Crippen MR) is 60.0 cm³/mol. The summed E-state index contributed by atoms with van der Waals surface area (Å²) in [6.45, 7) is 0. The van der Waals surface area contributed by atoms with E-state index in [2.05, 4.69) is 4.99 Å². The van der Waals surface area contributed by atoms with Gasteiger partial charge in [0.2, 0.25) is 0 Å². The number of aliphatic imine (C=N–C) groups is 1. The molecular formula is C13H7F4N. The van der Waals surface area contributed by atoms with E-state index in [0.717, 1.165) is 18.3 Å². The number of para-hydroxylation sites is 1. The molecule has 1 nitrogen and oxygen atoms in total. The van der Waals surface area contributed by atoms with E-state index in [1.165, 1.54) is 18.2 Å². The van der Waals surface area contributed by atoms with E-state index in [4.69, 9.17) is 0 Å². The normalized spacial score (nSPS) is 11.1. The number of hydrogen-bond donors (Lipinski definition) is 0. The Morgan fingerprint density at radius 3 is 2.22 bits per heavy atom. The molecule has 0 amide bonds. The van der Waals surface area contributed by atoms with Crippen LogP contribution < -0.4 is 0 Å². The van der Waals surface area contributed by atoms with Crippen molar-refractivity contribution in [3.8, 4) is 0 Å². The maximum absolute atomic E-state index is 13.3. The van der Waals surface area contributed by atoms with E-state index in [1.807, 2.05) is 0 Å². The van der Waals surface area contributed by atoms with Gasteiger partial charge in [-0.15, -0.1) is 0 Å². The highest BCUT2D eigenvalue weighted by atomic mass is 19.2. The van der Waals surface area contributed by atoms with Gasteiger partial charge in [-0.3, -0.25) is 4.99 Å². The summed E-state index contributed by atoms with van der Waals surface area (Å²) in [5, 5.41) is 0. The Bertz CT molecular complexity index is 608. The van der Waals surface area contributed by atoms with Crippen molar-refractivity contribution in [1.82, 2.24) is 0 Å². The largest absolute Gasteiger partial charge is 0.253 e. The number of rotatable bonds is 2. The maximum atomic E-state index is 13.3. The molecule has 0 aliphatic rings. The van der Waals surface area contributed by atoms with Crippen molar-refractivity contribution in [3.63, 3.8) is 0 Å². The quantitative estimate of drug-likeness (QED) is 0.436. The van der Waals surface area contributed by atoms with Crippen molar-refractivity contribution >= 4 is 11.9 Å².